The van der Waals surface area contributed by atoms with Crippen LogP contribution in [0.2, 0.25) is 0 Å². The van der Waals surface area contributed by atoms with Crippen LogP contribution in [0.1, 0.15) is 32.2 Å². The fraction of sp³-hybridized carbons (Fsp3) is 0.750. The Morgan fingerprint density at radius 1 is 1.50 bits per heavy atom. The standard InChI is InChI=1S/C12H23N3O/c1-5-15-11(6-10(4)14-15)7-12(16)8-13-9(2)3/h6,9,12-13,16H,5,7-8H2,1-4H3. The average Bonchev–Trinajstić information content (AvgIpc) is 2.55. The third-order valence-electron chi connectivity index (χ3n) is 2.49. The molecule has 1 aromatic heterocycles. The predicted molar refractivity (Wildman–Crippen MR) is 65.5 cm³/mol. The number of aliphatic hydroxyl groups is 1. The second-order valence-corrected chi connectivity index (χ2v) is 4.51. The van der Waals surface area contributed by atoms with Crippen molar-refractivity contribution in [3.8, 4) is 0 Å². The highest BCUT2D eigenvalue weighted by Gasteiger charge is 2.10. The van der Waals surface area contributed by atoms with E-state index in [1.54, 1.807) is 0 Å². The SMILES string of the molecule is CCn1nc(C)cc1CC(O)CNC(C)C. The molecule has 0 saturated heterocycles. The summed E-state index contributed by atoms with van der Waals surface area (Å²) in [6, 6.07) is 2.45. The molecular weight excluding hydrogens is 202 g/mol. The van der Waals surface area contributed by atoms with Crippen molar-refractivity contribution in [1.82, 2.24) is 15.1 Å². The van der Waals surface area contributed by atoms with Gasteiger partial charge in [0.15, 0.2) is 0 Å². The molecule has 1 heterocycles. The summed E-state index contributed by atoms with van der Waals surface area (Å²) in [4.78, 5) is 0. The largest absolute Gasteiger partial charge is 0.391 e. The van der Waals surface area contributed by atoms with Crippen LogP contribution in [0.25, 0.3) is 0 Å². The number of hydrogen-bond acceptors (Lipinski definition) is 3. The van der Waals surface area contributed by atoms with E-state index in [4.69, 9.17) is 0 Å². The summed E-state index contributed by atoms with van der Waals surface area (Å²) in [6.07, 6.45) is 0.317. The van der Waals surface area contributed by atoms with Gasteiger partial charge in [0, 0.05) is 31.2 Å². The zero-order valence-corrected chi connectivity index (χ0v) is 10.7. The lowest BCUT2D eigenvalue weighted by atomic mass is 10.2. The zero-order chi connectivity index (χ0) is 12.1. The van der Waals surface area contributed by atoms with Gasteiger partial charge in [0.25, 0.3) is 0 Å². The molecule has 2 N–H and O–H groups in total. The Hall–Kier alpha value is -0.870. The van der Waals surface area contributed by atoms with Crippen LogP contribution in [0.5, 0.6) is 0 Å². The molecule has 16 heavy (non-hydrogen) atoms. The van der Waals surface area contributed by atoms with E-state index in [2.05, 4.69) is 31.2 Å². The first kappa shape index (κ1) is 13.2. The average molecular weight is 225 g/mol. The molecule has 0 radical (unpaired) electrons. The van der Waals surface area contributed by atoms with Crippen LogP contribution >= 0.6 is 0 Å². The molecule has 1 rings (SSSR count). The summed E-state index contributed by atoms with van der Waals surface area (Å²) >= 11 is 0. The molecule has 0 saturated carbocycles. The van der Waals surface area contributed by atoms with Crippen LogP contribution in [-0.2, 0) is 13.0 Å². The monoisotopic (exact) mass is 225 g/mol. The maximum absolute atomic E-state index is 9.88. The second kappa shape index (κ2) is 6.01. The Kier molecular flexibility index (Phi) is 4.96. The zero-order valence-electron chi connectivity index (χ0n) is 10.7. The molecule has 4 heteroatoms. The van der Waals surface area contributed by atoms with Crippen LogP contribution in [0.3, 0.4) is 0 Å². The van der Waals surface area contributed by atoms with Gasteiger partial charge in [-0.1, -0.05) is 13.8 Å². The van der Waals surface area contributed by atoms with Crippen molar-refractivity contribution in [3.63, 3.8) is 0 Å². The molecular formula is C12H23N3O. The Morgan fingerprint density at radius 2 is 2.19 bits per heavy atom. The minimum Gasteiger partial charge on any atom is -0.391 e. The van der Waals surface area contributed by atoms with Gasteiger partial charge < -0.3 is 10.4 Å². The Bertz CT molecular complexity index is 320. The Morgan fingerprint density at radius 3 is 2.75 bits per heavy atom. The molecule has 0 aliphatic heterocycles. The fourth-order valence-corrected chi connectivity index (χ4v) is 1.72. The van der Waals surface area contributed by atoms with Gasteiger partial charge in [0.1, 0.15) is 0 Å². The Balaban J connectivity index is 2.51. The van der Waals surface area contributed by atoms with Gasteiger partial charge in [0.2, 0.25) is 0 Å². The highest BCUT2D eigenvalue weighted by atomic mass is 16.3. The summed E-state index contributed by atoms with van der Waals surface area (Å²) in [5, 5.41) is 17.5. The summed E-state index contributed by atoms with van der Waals surface area (Å²) in [5.41, 5.74) is 2.12. The van der Waals surface area contributed by atoms with Crippen LogP contribution in [-0.4, -0.2) is 33.6 Å². The molecule has 0 bridgehead atoms. The molecule has 0 aliphatic rings. The number of aliphatic hydroxyl groups excluding tert-OH is 1. The molecule has 0 aromatic carbocycles. The smallest absolute Gasteiger partial charge is 0.0719 e. The van der Waals surface area contributed by atoms with Crippen molar-refractivity contribution < 1.29 is 5.11 Å². The van der Waals surface area contributed by atoms with E-state index in [0.29, 0.717) is 19.0 Å². The van der Waals surface area contributed by atoms with Crippen molar-refractivity contribution in [1.29, 1.82) is 0 Å². The number of aromatic nitrogens is 2. The number of aryl methyl sites for hydroxylation is 2. The van der Waals surface area contributed by atoms with Crippen molar-refractivity contribution in [2.45, 2.75) is 52.8 Å². The Labute approximate surface area is 97.7 Å². The van der Waals surface area contributed by atoms with E-state index in [0.717, 1.165) is 17.9 Å². The van der Waals surface area contributed by atoms with Gasteiger partial charge in [-0.15, -0.1) is 0 Å². The predicted octanol–water partition coefficient (Wildman–Crippen LogP) is 1.11. The lowest BCUT2D eigenvalue weighted by molar-refractivity contribution is 0.166. The fourth-order valence-electron chi connectivity index (χ4n) is 1.72. The molecule has 92 valence electrons. The minimum absolute atomic E-state index is 0.344. The number of hydrogen-bond donors (Lipinski definition) is 2. The number of nitrogens with zero attached hydrogens (tertiary/aromatic N) is 2. The maximum Gasteiger partial charge on any atom is 0.0719 e. The van der Waals surface area contributed by atoms with E-state index in [9.17, 15) is 5.11 Å². The number of rotatable bonds is 6. The first-order valence-electron chi connectivity index (χ1n) is 5.97. The molecule has 0 fully saturated rings. The van der Waals surface area contributed by atoms with Gasteiger partial charge in [0.05, 0.1) is 11.8 Å². The molecule has 0 amide bonds. The maximum atomic E-state index is 9.88. The lowest BCUT2D eigenvalue weighted by Gasteiger charge is -2.14. The van der Waals surface area contributed by atoms with Crippen molar-refractivity contribution in [3.05, 3.63) is 17.5 Å². The summed E-state index contributed by atoms with van der Waals surface area (Å²) in [5.74, 6) is 0. The van der Waals surface area contributed by atoms with Gasteiger partial charge in [-0.3, -0.25) is 4.68 Å². The summed E-state index contributed by atoms with van der Waals surface area (Å²) < 4.78 is 1.95. The van der Waals surface area contributed by atoms with E-state index in [1.165, 1.54) is 0 Å². The second-order valence-electron chi connectivity index (χ2n) is 4.51. The first-order chi connectivity index (χ1) is 7.52. The van der Waals surface area contributed by atoms with Crippen LogP contribution in [0.15, 0.2) is 6.07 Å². The normalized spacial score (nSPS) is 13.4. The number of nitrogens with one attached hydrogen (secondary N) is 1. The molecule has 0 spiro atoms. The van der Waals surface area contributed by atoms with Crippen molar-refractivity contribution in [2.24, 2.45) is 0 Å². The van der Waals surface area contributed by atoms with Crippen LogP contribution in [0, 0.1) is 6.92 Å². The molecule has 0 aliphatic carbocycles. The minimum atomic E-state index is -0.344. The van der Waals surface area contributed by atoms with Gasteiger partial charge in [-0.25, -0.2) is 0 Å². The molecule has 1 aromatic rings. The molecule has 1 atom stereocenters. The van der Waals surface area contributed by atoms with Crippen molar-refractivity contribution in [2.75, 3.05) is 6.54 Å². The van der Waals surface area contributed by atoms with E-state index in [-0.39, 0.29) is 6.10 Å². The van der Waals surface area contributed by atoms with Crippen LogP contribution < -0.4 is 5.32 Å². The first-order valence-corrected chi connectivity index (χ1v) is 5.97. The quantitative estimate of drug-likeness (QED) is 0.762. The summed E-state index contributed by atoms with van der Waals surface area (Å²) in [7, 11) is 0. The third-order valence-corrected chi connectivity index (χ3v) is 2.49. The molecule has 4 nitrogen and oxygen atoms in total. The highest BCUT2D eigenvalue weighted by Crippen LogP contribution is 2.06. The van der Waals surface area contributed by atoms with E-state index in [1.807, 2.05) is 17.7 Å². The van der Waals surface area contributed by atoms with E-state index >= 15 is 0 Å². The third kappa shape index (κ3) is 3.94. The van der Waals surface area contributed by atoms with Gasteiger partial charge in [-0.2, -0.15) is 5.10 Å². The van der Waals surface area contributed by atoms with E-state index < -0.39 is 0 Å². The summed E-state index contributed by atoms with van der Waals surface area (Å²) in [6.45, 7) is 9.68. The topological polar surface area (TPSA) is 50.1 Å². The lowest BCUT2D eigenvalue weighted by Crippen LogP contribution is -2.33. The van der Waals surface area contributed by atoms with Crippen LogP contribution in [0.4, 0.5) is 0 Å². The molecule has 1 unspecified atom stereocenters. The van der Waals surface area contributed by atoms with Gasteiger partial charge in [-0.05, 0) is 19.9 Å². The highest BCUT2D eigenvalue weighted by molar-refractivity contribution is 5.10. The van der Waals surface area contributed by atoms with Crippen molar-refractivity contribution >= 4 is 0 Å². The van der Waals surface area contributed by atoms with Gasteiger partial charge >= 0.3 is 0 Å².